The third-order valence-electron chi connectivity index (χ3n) is 5.25. The van der Waals surface area contributed by atoms with E-state index >= 15 is 0 Å². The van der Waals surface area contributed by atoms with E-state index in [1.807, 2.05) is 18.2 Å². The Morgan fingerprint density at radius 2 is 1.75 bits per heavy atom. The normalized spacial score (nSPS) is 18.8. The van der Waals surface area contributed by atoms with Crippen LogP contribution in [0.3, 0.4) is 0 Å². The molecule has 0 radical (unpaired) electrons. The molecular weight excluding hydrogens is 366 g/mol. The third kappa shape index (κ3) is 4.19. The second-order valence-electron chi connectivity index (χ2n) is 7.21. The lowest BCUT2D eigenvalue weighted by molar-refractivity contribution is 0.0499. The molecule has 1 fully saturated rings. The van der Waals surface area contributed by atoms with Crippen molar-refractivity contribution in [2.24, 2.45) is 0 Å². The van der Waals surface area contributed by atoms with Crippen LogP contribution in [0.4, 0.5) is 8.78 Å². The molecular formula is C20H22F2N4O2. The summed E-state index contributed by atoms with van der Waals surface area (Å²) in [5.74, 6) is -1.66. The summed E-state index contributed by atoms with van der Waals surface area (Å²) >= 11 is 0. The maximum atomic E-state index is 13.5. The minimum Gasteiger partial charge on any atom is -0.396 e. The number of rotatable bonds is 6. The lowest BCUT2D eigenvalue weighted by Gasteiger charge is -2.41. The van der Waals surface area contributed by atoms with Gasteiger partial charge in [0.15, 0.2) is 11.6 Å². The van der Waals surface area contributed by atoms with Crippen molar-refractivity contribution >= 4 is 11.0 Å². The standard InChI is InChI=1S/C20H22F2N4O2/c21-17-3-1-14(9-18(17)22)12-26-7-6-25(13-16(26)5-8-27)11-15-2-4-19-20(10-15)24-28-23-19/h1-4,9-10,16,27H,5-8,11-13H2/t16-/m1/s1. The van der Waals surface area contributed by atoms with Gasteiger partial charge in [-0.1, -0.05) is 12.1 Å². The maximum absolute atomic E-state index is 13.5. The van der Waals surface area contributed by atoms with Crippen LogP contribution in [0.15, 0.2) is 41.0 Å². The molecule has 2 heterocycles. The molecule has 0 spiro atoms. The van der Waals surface area contributed by atoms with Gasteiger partial charge in [0.25, 0.3) is 0 Å². The van der Waals surface area contributed by atoms with E-state index in [4.69, 9.17) is 4.63 Å². The Morgan fingerprint density at radius 1 is 0.964 bits per heavy atom. The molecule has 28 heavy (non-hydrogen) atoms. The van der Waals surface area contributed by atoms with Gasteiger partial charge >= 0.3 is 0 Å². The van der Waals surface area contributed by atoms with Crippen LogP contribution >= 0.6 is 0 Å². The van der Waals surface area contributed by atoms with Crippen LogP contribution in [-0.4, -0.2) is 57.5 Å². The van der Waals surface area contributed by atoms with E-state index < -0.39 is 11.6 Å². The third-order valence-corrected chi connectivity index (χ3v) is 5.25. The van der Waals surface area contributed by atoms with Crippen molar-refractivity contribution in [1.29, 1.82) is 0 Å². The number of aliphatic hydroxyl groups excluding tert-OH is 1. The predicted octanol–water partition coefficient (Wildman–Crippen LogP) is 2.57. The Morgan fingerprint density at radius 3 is 2.57 bits per heavy atom. The molecule has 2 aromatic carbocycles. The Kier molecular flexibility index (Phi) is 5.61. The van der Waals surface area contributed by atoms with Crippen LogP contribution in [0.2, 0.25) is 0 Å². The smallest absolute Gasteiger partial charge is 0.159 e. The minimum atomic E-state index is -0.834. The summed E-state index contributed by atoms with van der Waals surface area (Å²) in [6, 6.07) is 10.1. The molecule has 0 unspecified atom stereocenters. The summed E-state index contributed by atoms with van der Waals surface area (Å²) in [7, 11) is 0. The summed E-state index contributed by atoms with van der Waals surface area (Å²) < 4.78 is 31.4. The molecule has 1 N–H and O–H groups in total. The number of halogens is 2. The predicted molar refractivity (Wildman–Crippen MR) is 99.3 cm³/mol. The number of piperazine rings is 1. The van der Waals surface area contributed by atoms with Gasteiger partial charge < -0.3 is 5.11 Å². The second kappa shape index (κ2) is 8.30. The fourth-order valence-corrected chi connectivity index (χ4v) is 3.79. The van der Waals surface area contributed by atoms with Crippen LogP contribution in [0, 0.1) is 11.6 Å². The number of aliphatic hydroxyl groups is 1. The van der Waals surface area contributed by atoms with E-state index in [2.05, 4.69) is 20.1 Å². The Bertz CT molecular complexity index is 949. The van der Waals surface area contributed by atoms with E-state index in [0.717, 1.165) is 54.4 Å². The summed E-state index contributed by atoms with van der Waals surface area (Å²) in [5, 5.41) is 17.2. The van der Waals surface area contributed by atoms with Crippen LogP contribution in [0.5, 0.6) is 0 Å². The fraction of sp³-hybridized carbons (Fsp3) is 0.400. The van der Waals surface area contributed by atoms with E-state index in [-0.39, 0.29) is 12.6 Å². The zero-order chi connectivity index (χ0) is 19.5. The molecule has 1 aliphatic heterocycles. The number of benzene rings is 2. The van der Waals surface area contributed by atoms with E-state index in [0.29, 0.717) is 13.0 Å². The highest BCUT2D eigenvalue weighted by Crippen LogP contribution is 2.20. The van der Waals surface area contributed by atoms with Crippen molar-refractivity contribution in [1.82, 2.24) is 20.1 Å². The van der Waals surface area contributed by atoms with Gasteiger partial charge in [0, 0.05) is 45.4 Å². The Balaban J connectivity index is 1.42. The summed E-state index contributed by atoms with van der Waals surface area (Å²) in [5.41, 5.74) is 3.33. The molecule has 8 heteroatoms. The second-order valence-corrected chi connectivity index (χ2v) is 7.21. The van der Waals surface area contributed by atoms with Crippen LogP contribution in [0.1, 0.15) is 17.5 Å². The Labute approximate surface area is 161 Å². The van der Waals surface area contributed by atoms with Gasteiger partial charge in [0.1, 0.15) is 11.0 Å². The first-order chi connectivity index (χ1) is 13.6. The van der Waals surface area contributed by atoms with E-state index in [1.54, 1.807) is 6.07 Å². The van der Waals surface area contributed by atoms with Crippen LogP contribution in [-0.2, 0) is 13.1 Å². The molecule has 0 aliphatic carbocycles. The highest BCUT2D eigenvalue weighted by Gasteiger charge is 2.27. The number of nitrogens with zero attached hydrogens (tertiary/aromatic N) is 4. The van der Waals surface area contributed by atoms with E-state index in [1.165, 1.54) is 6.07 Å². The summed E-state index contributed by atoms with van der Waals surface area (Å²) in [6.45, 7) is 3.82. The van der Waals surface area contributed by atoms with Crippen molar-refractivity contribution < 1.29 is 18.5 Å². The van der Waals surface area contributed by atoms with Gasteiger partial charge in [-0.2, -0.15) is 0 Å². The average molecular weight is 388 g/mol. The molecule has 1 aliphatic rings. The highest BCUT2D eigenvalue weighted by atomic mass is 19.2. The lowest BCUT2D eigenvalue weighted by Crippen LogP contribution is -2.52. The number of aromatic nitrogens is 2. The van der Waals surface area contributed by atoms with Crippen molar-refractivity contribution in [2.75, 3.05) is 26.2 Å². The van der Waals surface area contributed by atoms with E-state index in [9.17, 15) is 13.9 Å². The highest BCUT2D eigenvalue weighted by molar-refractivity contribution is 5.73. The SMILES string of the molecule is OCC[C@@H]1CN(Cc2ccc3nonc3c2)CCN1Cc1ccc(F)c(F)c1. The van der Waals surface area contributed by atoms with Crippen molar-refractivity contribution in [3.05, 3.63) is 59.2 Å². The molecule has 0 amide bonds. The molecule has 148 valence electrons. The van der Waals surface area contributed by atoms with Crippen molar-refractivity contribution in [2.45, 2.75) is 25.6 Å². The fourth-order valence-electron chi connectivity index (χ4n) is 3.79. The van der Waals surface area contributed by atoms with Crippen LogP contribution in [0.25, 0.3) is 11.0 Å². The first-order valence-corrected chi connectivity index (χ1v) is 9.35. The first kappa shape index (κ1) is 18.9. The van der Waals surface area contributed by atoms with Gasteiger partial charge in [-0.25, -0.2) is 13.4 Å². The largest absolute Gasteiger partial charge is 0.396 e. The topological polar surface area (TPSA) is 65.6 Å². The molecule has 1 atom stereocenters. The molecule has 0 saturated carbocycles. The van der Waals surface area contributed by atoms with Gasteiger partial charge in [-0.15, -0.1) is 0 Å². The molecule has 4 rings (SSSR count). The Hall–Kier alpha value is -2.42. The average Bonchev–Trinajstić information content (AvgIpc) is 3.15. The van der Waals surface area contributed by atoms with Crippen molar-refractivity contribution in [3.8, 4) is 0 Å². The number of hydrogen-bond donors (Lipinski definition) is 1. The van der Waals surface area contributed by atoms with Crippen LogP contribution < -0.4 is 0 Å². The minimum absolute atomic E-state index is 0.0867. The molecule has 1 saturated heterocycles. The van der Waals surface area contributed by atoms with Gasteiger partial charge in [-0.3, -0.25) is 9.80 Å². The summed E-state index contributed by atoms with van der Waals surface area (Å²) in [6.07, 6.45) is 0.631. The maximum Gasteiger partial charge on any atom is 0.159 e. The van der Waals surface area contributed by atoms with Gasteiger partial charge in [0.05, 0.1) is 0 Å². The molecule has 3 aromatic rings. The van der Waals surface area contributed by atoms with Gasteiger partial charge in [-0.05, 0) is 52.1 Å². The molecule has 6 nitrogen and oxygen atoms in total. The zero-order valence-corrected chi connectivity index (χ0v) is 15.4. The molecule has 1 aromatic heterocycles. The quantitative estimate of drug-likeness (QED) is 0.700. The zero-order valence-electron chi connectivity index (χ0n) is 15.4. The molecule has 0 bridgehead atoms. The number of fused-ring (bicyclic) bond motifs is 1. The number of hydrogen-bond acceptors (Lipinski definition) is 6. The monoisotopic (exact) mass is 388 g/mol. The van der Waals surface area contributed by atoms with Gasteiger partial charge in [0.2, 0.25) is 0 Å². The lowest BCUT2D eigenvalue weighted by atomic mass is 10.1. The first-order valence-electron chi connectivity index (χ1n) is 9.35. The van der Waals surface area contributed by atoms with Crippen molar-refractivity contribution in [3.63, 3.8) is 0 Å². The summed E-state index contributed by atoms with van der Waals surface area (Å²) in [4.78, 5) is 4.56.